The van der Waals surface area contributed by atoms with Gasteiger partial charge in [0, 0.05) is 17.8 Å². The van der Waals surface area contributed by atoms with Gasteiger partial charge in [-0.1, -0.05) is 19.1 Å². The highest BCUT2D eigenvalue weighted by Crippen LogP contribution is 2.13. The number of Topliss-reactive ketones (excluding diaryl/α,β-unsaturated/α-hetero) is 1. The van der Waals surface area contributed by atoms with Crippen molar-refractivity contribution in [1.29, 1.82) is 0 Å². The first-order valence-electron chi connectivity index (χ1n) is 6.90. The smallest absolute Gasteiger partial charge is 0.168 e. The van der Waals surface area contributed by atoms with Crippen molar-refractivity contribution in [3.05, 3.63) is 52.6 Å². The second-order valence-corrected chi connectivity index (χ2v) is 4.86. The molecule has 106 valence electrons. The van der Waals surface area contributed by atoms with E-state index in [4.69, 9.17) is 0 Å². The summed E-state index contributed by atoms with van der Waals surface area (Å²) in [6, 6.07) is 6.57. The highest BCUT2D eigenvalue weighted by molar-refractivity contribution is 5.97. The number of rotatable bonds is 5. The summed E-state index contributed by atoms with van der Waals surface area (Å²) in [5.41, 5.74) is 2.82. The molecule has 0 aliphatic rings. The van der Waals surface area contributed by atoms with Crippen molar-refractivity contribution in [3.8, 4) is 0 Å². The summed E-state index contributed by atoms with van der Waals surface area (Å²) in [4.78, 5) is 12.2. The molecule has 2 aromatic rings. The fourth-order valence-electron chi connectivity index (χ4n) is 2.14. The van der Waals surface area contributed by atoms with Crippen molar-refractivity contribution in [3.63, 3.8) is 0 Å². The van der Waals surface area contributed by atoms with Crippen LogP contribution in [-0.2, 0) is 19.4 Å². The minimum atomic E-state index is -0.339. The number of nitrogens with zero attached hydrogens (tertiary/aromatic N) is 2. The van der Waals surface area contributed by atoms with E-state index in [1.54, 1.807) is 19.1 Å². The standard InChI is InChI=1S/C16H19FN2O/c1-4-13-9-14(19(5-2)18-13)10-16(20)12-7-6-11(3)15(17)8-12/h6-9H,4-5,10H2,1-3H3. The summed E-state index contributed by atoms with van der Waals surface area (Å²) >= 11 is 0. The SMILES string of the molecule is CCc1cc(CC(=O)c2ccc(C)c(F)c2)n(CC)n1. The molecule has 0 fully saturated rings. The molecule has 0 atom stereocenters. The number of benzene rings is 1. The predicted octanol–water partition coefficient (Wildman–Crippen LogP) is 3.34. The second kappa shape index (κ2) is 5.99. The zero-order chi connectivity index (χ0) is 14.7. The molecule has 1 heterocycles. The van der Waals surface area contributed by atoms with Gasteiger partial charge in [-0.05, 0) is 38.0 Å². The fourth-order valence-corrected chi connectivity index (χ4v) is 2.14. The minimum Gasteiger partial charge on any atom is -0.294 e. The molecule has 0 bridgehead atoms. The number of carbonyl (C=O) groups excluding carboxylic acids is 1. The minimum absolute atomic E-state index is 0.0823. The van der Waals surface area contributed by atoms with Crippen molar-refractivity contribution < 1.29 is 9.18 Å². The van der Waals surface area contributed by atoms with Gasteiger partial charge < -0.3 is 0 Å². The molecular formula is C16H19FN2O. The van der Waals surface area contributed by atoms with E-state index in [0.717, 1.165) is 24.4 Å². The van der Waals surface area contributed by atoms with Gasteiger partial charge in [-0.2, -0.15) is 5.10 Å². The Balaban J connectivity index is 2.22. The van der Waals surface area contributed by atoms with Crippen molar-refractivity contribution in [1.82, 2.24) is 9.78 Å². The summed E-state index contributed by atoms with van der Waals surface area (Å²) < 4.78 is 15.3. The highest BCUT2D eigenvalue weighted by atomic mass is 19.1. The highest BCUT2D eigenvalue weighted by Gasteiger charge is 2.13. The van der Waals surface area contributed by atoms with Gasteiger partial charge in [0.15, 0.2) is 5.78 Å². The van der Waals surface area contributed by atoms with Gasteiger partial charge in [-0.3, -0.25) is 9.48 Å². The van der Waals surface area contributed by atoms with E-state index in [9.17, 15) is 9.18 Å². The van der Waals surface area contributed by atoms with Crippen LogP contribution >= 0.6 is 0 Å². The van der Waals surface area contributed by atoms with E-state index in [0.29, 0.717) is 11.1 Å². The maximum Gasteiger partial charge on any atom is 0.168 e. The average molecular weight is 274 g/mol. The van der Waals surface area contributed by atoms with Crippen LogP contribution in [0.15, 0.2) is 24.3 Å². The molecule has 1 aromatic heterocycles. The molecule has 0 spiro atoms. The second-order valence-electron chi connectivity index (χ2n) is 4.86. The van der Waals surface area contributed by atoms with E-state index >= 15 is 0 Å². The van der Waals surface area contributed by atoms with E-state index in [-0.39, 0.29) is 18.0 Å². The number of aryl methyl sites for hydroxylation is 3. The Morgan fingerprint density at radius 1 is 1.30 bits per heavy atom. The molecule has 0 saturated carbocycles. The lowest BCUT2D eigenvalue weighted by Crippen LogP contribution is -2.10. The topological polar surface area (TPSA) is 34.9 Å². The summed E-state index contributed by atoms with van der Waals surface area (Å²) in [5.74, 6) is -0.421. The number of carbonyl (C=O) groups is 1. The molecule has 0 saturated heterocycles. The van der Waals surface area contributed by atoms with Gasteiger partial charge in [0.25, 0.3) is 0 Å². The Labute approximate surface area is 118 Å². The van der Waals surface area contributed by atoms with Crippen LogP contribution in [0.25, 0.3) is 0 Å². The molecule has 0 amide bonds. The molecule has 0 unspecified atom stereocenters. The molecule has 2 rings (SSSR count). The van der Waals surface area contributed by atoms with E-state index in [1.807, 2.05) is 24.6 Å². The molecule has 3 nitrogen and oxygen atoms in total. The third-order valence-electron chi connectivity index (χ3n) is 3.41. The summed E-state index contributed by atoms with van der Waals surface area (Å²) in [7, 11) is 0. The molecule has 0 aliphatic carbocycles. The molecule has 1 aromatic carbocycles. The van der Waals surface area contributed by atoms with E-state index in [2.05, 4.69) is 5.10 Å². The quantitative estimate of drug-likeness (QED) is 0.784. The Morgan fingerprint density at radius 3 is 2.65 bits per heavy atom. The largest absolute Gasteiger partial charge is 0.294 e. The van der Waals surface area contributed by atoms with Crippen LogP contribution in [0.1, 0.15) is 41.2 Å². The first kappa shape index (κ1) is 14.4. The molecule has 0 radical (unpaired) electrons. The van der Waals surface area contributed by atoms with Crippen LogP contribution in [0, 0.1) is 12.7 Å². The first-order valence-corrected chi connectivity index (χ1v) is 6.90. The fraction of sp³-hybridized carbons (Fsp3) is 0.375. The Kier molecular flexibility index (Phi) is 4.32. The van der Waals surface area contributed by atoms with Gasteiger partial charge >= 0.3 is 0 Å². The van der Waals surface area contributed by atoms with Gasteiger partial charge in [-0.25, -0.2) is 4.39 Å². The van der Waals surface area contributed by atoms with E-state index < -0.39 is 0 Å². The van der Waals surface area contributed by atoms with Gasteiger partial charge in [-0.15, -0.1) is 0 Å². The van der Waals surface area contributed by atoms with Crippen LogP contribution < -0.4 is 0 Å². The van der Waals surface area contributed by atoms with Crippen molar-refractivity contribution in [2.24, 2.45) is 0 Å². The Morgan fingerprint density at radius 2 is 2.05 bits per heavy atom. The number of ketones is 1. The van der Waals surface area contributed by atoms with Crippen LogP contribution in [0.3, 0.4) is 0 Å². The predicted molar refractivity (Wildman–Crippen MR) is 76.5 cm³/mol. The lowest BCUT2D eigenvalue weighted by Gasteiger charge is -2.05. The van der Waals surface area contributed by atoms with Gasteiger partial charge in [0.1, 0.15) is 5.82 Å². The van der Waals surface area contributed by atoms with E-state index in [1.165, 1.54) is 6.07 Å². The number of hydrogen-bond donors (Lipinski definition) is 0. The monoisotopic (exact) mass is 274 g/mol. The van der Waals surface area contributed by atoms with Crippen molar-refractivity contribution >= 4 is 5.78 Å². The lowest BCUT2D eigenvalue weighted by molar-refractivity contribution is 0.0990. The maximum absolute atomic E-state index is 13.5. The normalized spacial score (nSPS) is 10.8. The first-order chi connectivity index (χ1) is 9.55. The average Bonchev–Trinajstić information content (AvgIpc) is 2.84. The Hall–Kier alpha value is -1.97. The molecule has 0 N–H and O–H groups in total. The number of hydrogen-bond acceptors (Lipinski definition) is 2. The van der Waals surface area contributed by atoms with Crippen LogP contribution in [-0.4, -0.2) is 15.6 Å². The lowest BCUT2D eigenvalue weighted by atomic mass is 10.0. The molecular weight excluding hydrogens is 255 g/mol. The van der Waals surface area contributed by atoms with Crippen molar-refractivity contribution in [2.45, 2.75) is 40.2 Å². The number of halogens is 1. The molecule has 4 heteroatoms. The summed E-state index contributed by atoms with van der Waals surface area (Å²) in [5, 5.41) is 4.42. The molecule has 0 aliphatic heterocycles. The Bertz CT molecular complexity index is 631. The number of aromatic nitrogens is 2. The van der Waals surface area contributed by atoms with Gasteiger partial charge in [0.05, 0.1) is 12.1 Å². The summed E-state index contributed by atoms with van der Waals surface area (Å²) in [6.45, 7) is 6.43. The van der Waals surface area contributed by atoms with Gasteiger partial charge in [0.2, 0.25) is 0 Å². The van der Waals surface area contributed by atoms with Crippen LogP contribution in [0.5, 0.6) is 0 Å². The maximum atomic E-state index is 13.5. The zero-order valence-corrected chi connectivity index (χ0v) is 12.1. The van der Waals surface area contributed by atoms with Crippen LogP contribution in [0.4, 0.5) is 4.39 Å². The molecule has 20 heavy (non-hydrogen) atoms. The zero-order valence-electron chi connectivity index (χ0n) is 12.1. The van der Waals surface area contributed by atoms with Crippen molar-refractivity contribution in [2.75, 3.05) is 0 Å². The van der Waals surface area contributed by atoms with Crippen LogP contribution in [0.2, 0.25) is 0 Å². The third kappa shape index (κ3) is 2.95. The summed E-state index contributed by atoms with van der Waals surface area (Å²) in [6.07, 6.45) is 1.09. The third-order valence-corrected chi connectivity index (χ3v) is 3.41.